The summed E-state index contributed by atoms with van der Waals surface area (Å²) in [6.07, 6.45) is 1.38. The summed E-state index contributed by atoms with van der Waals surface area (Å²) in [7, 11) is 0. The molecule has 0 aromatic heterocycles. The maximum absolute atomic E-state index is 11.4. The fourth-order valence-corrected chi connectivity index (χ4v) is 2.55. The van der Waals surface area contributed by atoms with E-state index in [4.69, 9.17) is 4.74 Å². The zero-order chi connectivity index (χ0) is 10.9. The number of benzene rings is 1. The zero-order valence-corrected chi connectivity index (χ0v) is 11.1. The van der Waals surface area contributed by atoms with E-state index in [2.05, 4.69) is 31.9 Å². The van der Waals surface area contributed by atoms with Gasteiger partial charge in [0.1, 0.15) is 6.10 Å². The molecule has 1 fully saturated rings. The summed E-state index contributed by atoms with van der Waals surface area (Å²) >= 11 is 6.61. The maximum atomic E-state index is 11.4. The highest BCUT2D eigenvalue weighted by Gasteiger charge is 2.45. The summed E-state index contributed by atoms with van der Waals surface area (Å²) in [6.45, 7) is 0. The Morgan fingerprint density at radius 1 is 1.33 bits per heavy atom. The van der Waals surface area contributed by atoms with Gasteiger partial charge in [-0.25, -0.2) is 4.79 Å². The van der Waals surface area contributed by atoms with Crippen LogP contribution in [0.2, 0.25) is 0 Å². The van der Waals surface area contributed by atoms with Crippen LogP contribution >= 0.6 is 31.9 Å². The van der Waals surface area contributed by atoms with E-state index in [0.717, 1.165) is 6.42 Å². The van der Waals surface area contributed by atoms with Gasteiger partial charge < -0.3 is 4.74 Å². The third-order valence-corrected chi connectivity index (χ3v) is 3.66. The summed E-state index contributed by atoms with van der Waals surface area (Å²) in [6, 6.07) is 10.0. The Hall–Kier alpha value is -0.350. The molecule has 4 heteroatoms. The van der Waals surface area contributed by atoms with Crippen molar-refractivity contribution in [3.63, 3.8) is 0 Å². The van der Waals surface area contributed by atoms with Gasteiger partial charge in [0.2, 0.25) is 0 Å². The molecule has 1 aromatic rings. The summed E-state index contributed by atoms with van der Waals surface area (Å²) in [5.41, 5.74) is 1.19. The highest BCUT2D eigenvalue weighted by molar-refractivity contribution is 9.25. The first-order valence-electron chi connectivity index (χ1n) is 4.71. The smallest absolute Gasteiger partial charge is 0.334 e. The van der Waals surface area contributed by atoms with E-state index in [1.165, 1.54) is 5.56 Å². The summed E-state index contributed by atoms with van der Waals surface area (Å²) in [5, 5.41) is 0. The number of hydrogen-bond donors (Lipinski definition) is 0. The number of hydrogen-bond acceptors (Lipinski definition) is 2. The van der Waals surface area contributed by atoms with Crippen molar-refractivity contribution in [2.45, 2.75) is 22.2 Å². The van der Waals surface area contributed by atoms with Crippen LogP contribution in [0.4, 0.5) is 0 Å². The summed E-state index contributed by atoms with van der Waals surface area (Å²) < 4.78 is 4.57. The van der Waals surface area contributed by atoms with Crippen molar-refractivity contribution >= 4 is 37.8 Å². The van der Waals surface area contributed by atoms with Crippen molar-refractivity contribution < 1.29 is 9.53 Å². The lowest BCUT2D eigenvalue weighted by molar-refractivity contribution is -0.141. The third kappa shape index (κ3) is 2.61. The minimum atomic E-state index is -0.681. The highest BCUT2D eigenvalue weighted by Crippen LogP contribution is 2.40. The first-order valence-corrected chi connectivity index (χ1v) is 6.29. The number of ether oxygens (including phenoxy) is 1. The molecule has 1 aliphatic rings. The Morgan fingerprint density at radius 3 is 2.53 bits per heavy atom. The van der Waals surface area contributed by atoms with Gasteiger partial charge in [-0.1, -0.05) is 62.2 Å². The van der Waals surface area contributed by atoms with E-state index in [9.17, 15) is 4.79 Å². The number of rotatable bonds is 2. The van der Waals surface area contributed by atoms with Crippen molar-refractivity contribution in [3.05, 3.63) is 35.9 Å². The first-order chi connectivity index (χ1) is 7.08. The van der Waals surface area contributed by atoms with Crippen LogP contribution in [0.5, 0.6) is 0 Å². The number of carbonyl (C=O) groups excluding carboxylic acids is 1. The molecule has 1 aromatic carbocycles. The topological polar surface area (TPSA) is 26.3 Å². The van der Waals surface area contributed by atoms with Crippen LogP contribution in [-0.4, -0.2) is 15.3 Å². The van der Waals surface area contributed by atoms with E-state index >= 15 is 0 Å². The molecular weight excluding hydrogens is 324 g/mol. The molecule has 1 heterocycles. The van der Waals surface area contributed by atoms with E-state index in [1.807, 2.05) is 30.3 Å². The molecule has 2 nitrogen and oxygen atoms in total. The van der Waals surface area contributed by atoms with Gasteiger partial charge in [0, 0.05) is 12.8 Å². The van der Waals surface area contributed by atoms with Gasteiger partial charge in [0.05, 0.1) is 0 Å². The Bertz CT molecular complexity index is 362. The van der Waals surface area contributed by atoms with Gasteiger partial charge >= 0.3 is 5.97 Å². The second-order valence-corrected chi connectivity index (χ2v) is 7.40. The van der Waals surface area contributed by atoms with Gasteiger partial charge in [-0.3, -0.25) is 0 Å². The lowest BCUT2D eigenvalue weighted by atomic mass is 10.1. The molecule has 1 saturated heterocycles. The van der Waals surface area contributed by atoms with E-state index < -0.39 is 3.23 Å². The Balaban J connectivity index is 2.02. The molecule has 0 aliphatic carbocycles. The Labute approximate surface area is 105 Å². The van der Waals surface area contributed by atoms with Crippen LogP contribution < -0.4 is 0 Å². The Morgan fingerprint density at radius 2 is 2.00 bits per heavy atom. The fraction of sp³-hybridized carbons (Fsp3) is 0.364. The van der Waals surface area contributed by atoms with E-state index in [-0.39, 0.29) is 12.1 Å². The summed E-state index contributed by atoms with van der Waals surface area (Å²) in [5.74, 6) is -0.233. The standard InChI is InChI=1S/C11H10Br2O2/c12-11(13)7-9(15-10(11)14)6-8-4-2-1-3-5-8/h1-5,9H,6-7H2/t9-/m1/s1. The van der Waals surface area contributed by atoms with Crippen LogP contribution in [0.1, 0.15) is 12.0 Å². The quantitative estimate of drug-likeness (QED) is 0.614. The average Bonchev–Trinajstić information content (AvgIpc) is 2.42. The fourth-order valence-electron chi connectivity index (χ4n) is 1.64. The lowest BCUT2D eigenvalue weighted by Crippen LogP contribution is -2.16. The van der Waals surface area contributed by atoms with Crippen molar-refractivity contribution in [1.82, 2.24) is 0 Å². The van der Waals surface area contributed by atoms with Gasteiger partial charge in [-0.2, -0.15) is 0 Å². The number of cyclic esters (lactones) is 1. The second-order valence-electron chi connectivity index (χ2n) is 3.63. The molecule has 0 unspecified atom stereocenters. The van der Waals surface area contributed by atoms with Gasteiger partial charge in [-0.15, -0.1) is 0 Å². The normalized spacial score (nSPS) is 23.9. The molecule has 0 saturated carbocycles. The number of alkyl halides is 2. The van der Waals surface area contributed by atoms with Gasteiger partial charge in [0.25, 0.3) is 0 Å². The highest BCUT2D eigenvalue weighted by atomic mass is 79.9. The molecule has 1 atom stereocenters. The van der Waals surface area contributed by atoms with Crippen molar-refractivity contribution in [3.8, 4) is 0 Å². The summed E-state index contributed by atoms with van der Waals surface area (Å²) in [4.78, 5) is 11.4. The van der Waals surface area contributed by atoms with Crippen LogP contribution in [0.15, 0.2) is 30.3 Å². The molecular formula is C11H10Br2O2. The molecule has 0 radical (unpaired) electrons. The maximum Gasteiger partial charge on any atom is 0.334 e. The first kappa shape index (κ1) is 11.1. The van der Waals surface area contributed by atoms with Gasteiger partial charge in [0.15, 0.2) is 3.23 Å². The molecule has 1 aliphatic heterocycles. The van der Waals surface area contributed by atoms with Crippen LogP contribution in [0.3, 0.4) is 0 Å². The van der Waals surface area contributed by atoms with Crippen LogP contribution in [0.25, 0.3) is 0 Å². The molecule has 80 valence electrons. The van der Waals surface area contributed by atoms with Gasteiger partial charge in [-0.05, 0) is 5.56 Å². The average molecular weight is 334 g/mol. The van der Waals surface area contributed by atoms with Crippen molar-refractivity contribution in [1.29, 1.82) is 0 Å². The van der Waals surface area contributed by atoms with Crippen LogP contribution in [0, 0.1) is 0 Å². The molecule has 0 amide bonds. The molecule has 2 rings (SSSR count). The molecule has 0 N–H and O–H groups in total. The SMILES string of the molecule is O=C1O[C@H](Cc2ccccc2)CC1(Br)Br. The number of esters is 1. The van der Waals surface area contributed by atoms with E-state index in [1.54, 1.807) is 0 Å². The van der Waals surface area contributed by atoms with Crippen LogP contribution in [-0.2, 0) is 16.0 Å². The predicted molar refractivity (Wildman–Crippen MR) is 65.2 cm³/mol. The third-order valence-electron chi connectivity index (χ3n) is 2.36. The minimum absolute atomic E-state index is 0.0429. The molecule has 15 heavy (non-hydrogen) atoms. The lowest BCUT2D eigenvalue weighted by Gasteiger charge is -2.08. The van der Waals surface area contributed by atoms with Crippen molar-refractivity contribution in [2.75, 3.05) is 0 Å². The molecule has 0 spiro atoms. The largest absolute Gasteiger partial charge is 0.460 e. The monoisotopic (exact) mass is 332 g/mol. The molecule has 0 bridgehead atoms. The zero-order valence-electron chi connectivity index (χ0n) is 7.95. The van der Waals surface area contributed by atoms with E-state index in [0.29, 0.717) is 6.42 Å². The Kier molecular flexibility index (Phi) is 3.16. The van der Waals surface area contributed by atoms with Crippen molar-refractivity contribution in [2.24, 2.45) is 0 Å². The predicted octanol–water partition coefficient (Wildman–Crippen LogP) is 3.03. The number of halogens is 2. The minimum Gasteiger partial charge on any atom is -0.460 e. The number of carbonyl (C=O) groups is 1. The second kappa shape index (κ2) is 4.26.